The van der Waals surface area contributed by atoms with Crippen molar-refractivity contribution in [3.8, 4) is 0 Å². The van der Waals surface area contributed by atoms with Crippen LogP contribution in [0.5, 0.6) is 0 Å². The van der Waals surface area contributed by atoms with Gasteiger partial charge in [-0.15, -0.1) is 11.8 Å². The molecule has 4 nitrogen and oxygen atoms in total. The van der Waals surface area contributed by atoms with Crippen molar-refractivity contribution in [2.45, 2.75) is 38.6 Å². The number of carbonyl (C=O) groups excluding carboxylic acids is 2. The third-order valence-corrected chi connectivity index (χ3v) is 6.74. The van der Waals surface area contributed by atoms with Crippen molar-refractivity contribution in [3.05, 3.63) is 68.1 Å². The van der Waals surface area contributed by atoms with Crippen LogP contribution in [0.25, 0.3) is 0 Å². The molecule has 0 heterocycles. The van der Waals surface area contributed by atoms with E-state index in [9.17, 15) is 9.59 Å². The molecule has 0 radical (unpaired) electrons. The van der Waals surface area contributed by atoms with Gasteiger partial charge in [-0.1, -0.05) is 64.3 Å². The summed E-state index contributed by atoms with van der Waals surface area (Å²) in [6, 6.07) is 12.6. The molecule has 0 saturated heterocycles. The van der Waals surface area contributed by atoms with Crippen LogP contribution >= 0.6 is 50.9 Å². The first kappa shape index (κ1) is 25.1. The molecule has 30 heavy (non-hydrogen) atoms. The maximum Gasteiger partial charge on any atom is 0.242 e. The minimum Gasteiger partial charge on any atom is -0.354 e. The lowest BCUT2D eigenvalue weighted by Gasteiger charge is -2.29. The Balaban J connectivity index is 2.11. The smallest absolute Gasteiger partial charge is 0.242 e. The predicted molar refractivity (Wildman–Crippen MR) is 130 cm³/mol. The van der Waals surface area contributed by atoms with Crippen molar-refractivity contribution in [2.75, 3.05) is 12.3 Å². The standard InChI is InChI=1S/C22H25BrCl2N2O2S/c1-3-11-26-22(29)15(2)27(12-18-19(24)5-4-6-20(18)25)21(28)14-30-13-16-7-9-17(23)10-8-16/h4-10,15H,3,11-14H2,1-2H3,(H,26,29)/t15-/m0/s1. The molecular formula is C22H25BrCl2N2O2S. The first-order valence-electron chi connectivity index (χ1n) is 9.65. The molecule has 0 aliphatic heterocycles. The van der Waals surface area contributed by atoms with Gasteiger partial charge in [-0.2, -0.15) is 0 Å². The van der Waals surface area contributed by atoms with Crippen LogP contribution in [0, 0.1) is 0 Å². The van der Waals surface area contributed by atoms with Gasteiger partial charge in [0.2, 0.25) is 11.8 Å². The third kappa shape index (κ3) is 7.49. The van der Waals surface area contributed by atoms with Gasteiger partial charge in [0.25, 0.3) is 0 Å². The number of rotatable bonds is 10. The second-order valence-corrected chi connectivity index (χ2v) is 9.52. The third-order valence-electron chi connectivity index (χ3n) is 4.51. The molecule has 0 aliphatic carbocycles. The van der Waals surface area contributed by atoms with Crippen molar-refractivity contribution >= 4 is 62.7 Å². The Hall–Kier alpha value is -1.21. The number of carbonyl (C=O) groups is 2. The lowest BCUT2D eigenvalue weighted by Crippen LogP contribution is -2.48. The highest BCUT2D eigenvalue weighted by atomic mass is 79.9. The van der Waals surface area contributed by atoms with Gasteiger partial charge in [-0.3, -0.25) is 9.59 Å². The Labute approximate surface area is 200 Å². The molecule has 162 valence electrons. The predicted octanol–water partition coefficient (Wildman–Crippen LogP) is 5.93. The van der Waals surface area contributed by atoms with E-state index in [0.717, 1.165) is 16.5 Å². The number of thioether (sulfide) groups is 1. The highest BCUT2D eigenvalue weighted by Gasteiger charge is 2.27. The molecule has 1 N–H and O–H groups in total. The summed E-state index contributed by atoms with van der Waals surface area (Å²) in [4.78, 5) is 27.2. The fourth-order valence-electron chi connectivity index (χ4n) is 2.75. The fraction of sp³-hybridized carbons (Fsp3) is 0.364. The van der Waals surface area contributed by atoms with Gasteiger partial charge < -0.3 is 10.2 Å². The number of benzene rings is 2. The molecule has 0 aliphatic rings. The van der Waals surface area contributed by atoms with Crippen LogP contribution in [-0.4, -0.2) is 35.1 Å². The highest BCUT2D eigenvalue weighted by Crippen LogP contribution is 2.27. The molecule has 2 rings (SSSR count). The second kappa shape index (κ2) is 12.6. The van der Waals surface area contributed by atoms with Crippen molar-refractivity contribution in [1.82, 2.24) is 10.2 Å². The maximum atomic E-state index is 13.1. The van der Waals surface area contributed by atoms with Crippen molar-refractivity contribution in [2.24, 2.45) is 0 Å². The van der Waals surface area contributed by atoms with Crippen molar-refractivity contribution in [3.63, 3.8) is 0 Å². The topological polar surface area (TPSA) is 49.4 Å². The number of hydrogen-bond acceptors (Lipinski definition) is 3. The number of halogens is 3. The Kier molecular flexibility index (Phi) is 10.5. The average molecular weight is 532 g/mol. The Bertz CT molecular complexity index is 844. The van der Waals surface area contributed by atoms with Gasteiger partial charge in [0.15, 0.2) is 0 Å². The molecule has 2 aromatic carbocycles. The summed E-state index contributed by atoms with van der Waals surface area (Å²) in [6.07, 6.45) is 0.825. The summed E-state index contributed by atoms with van der Waals surface area (Å²) in [5.41, 5.74) is 1.77. The van der Waals surface area contributed by atoms with E-state index in [2.05, 4.69) is 21.2 Å². The molecule has 8 heteroatoms. The van der Waals surface area contributed by atoms with Gasteiger partial charge in [0.05, 0.1) is 5.75 Å². The monoisotopic (exact) mass is 530 g/mol. The van der Waals surface area contributed by atoms with Crippen molar-refractivity contribution < 1.29 is 9.59 Å². The SMILES string of the molecule is CCCNC(=O)[C@H](C)N(Cc1c(Cl)cccc1Cl)C(=O)CSCc1ccc(Br)cc1. The largest absolute Gasteiger partial charge is 0.354 e. The van der Waals surface area contributed by atoms with E-state index in [1.165, 1.54) is 11.8 Å². The average Bonchev–Trinajstić information content (AvgIpc) is 2.72. The van der Waals surface area contributed by atoms with Crippen LogP contribution in [0.2, 0.25) is 10.0 Å². The summed E-state index contributed by atoms with van der Waals surface area (Å²) < 4.78 is 1.02. The van der Waals surface area contributed by atoms with Gasteiger partial charge in [-0.25, -0.2) is 0 Å². The number of nitrogens with zero attached hydrogens (tertiary/aromatic N) is 1. The van der Waals surface area contributed by atoms with Gasteiger partial charge in [0, 0.05) is 38.9 Å². The zero-order valence-electron chi connectivity index (χ0n) is 17.0. The van der Waals surface area contributed by atoms with E-state index in [1.807, 2.05) is 31.2 Å². The lowest BCUT2D eigenvalue weighted by molar-refractivity contribution is -0.138. The van der Waals surface area contributed by atoms with Crippen LogP contribution in [0.4, 0.5) is 0 Å². The van der Waals surface area contributed by atoms with Gasteiger partial charge in [0.1, 0.15) is 6.04 Å². The first-order valence-corrected chi connectivity index (χ1v) is 12.4. The molecule has 0 saturated carbocycles. The van der Waals surface area contributed by atoms with Crippen LogP contribution in [0.1, 0.15) is 31.4 Å². The lowest BCUT2D eigenvalue weighted by atomic mass is 10.1. The van der Waals surface area contributed by atoms with Crippen LogP contribution in [0.15, 0.2) is 46.9 Å². The number of hydrogen-bond donors (Lipinski definition) is 1. The summed E-state index contributed by atoms with van der Waals surface area (Å²) in [6.45, 7) is 4.45. The van der Waals surface area contributed by atoms with Crippen LogP contribution < -0.4 is 5.32 Å². The molecule has 1 atom stereocenters. The molecule has 0 spiro atoms. The molecule has 0 bridgehead atoms. The summed E-state index contributed by atoms with van der Waals surface area (Å²) in [7, 11) is 0. The normalized spacial score (nSPS) is 11.8. The second-order valence-electron chi connectivity index (χ2n) is 6.81. The minimum absolute atomic E-state index is 0.132. The molecular weight excluding hydrogens is 507 g/mol. The van der Waals surface area contributed by atoms with E-state index in [0.29, 0.717) is 27.9 Å². The van der Waals surface area contributed by atoms with E-state index in [1.54, 1.807) is 30.0 Å². The van der Waals surface area contributed by atoms with E-state index in [-0.39, 0.29) is 24.1 Å². The first-order chi connectivity index (χ1) is 14.3. The van der Waals surface area contributed by atoms with E-state index < -0.39 is 6.04 Å². The minimum atomic E-state index is -0.635. The highest BCUT2D eigenvalue weighted by molar-refractivity contribution is 9.10. The molecule has 0 unspecified atom stereocenters. The van der Waals surface area contributed by atoms with Gasteiger partial charge in [-0.05, 0) is 43.2 Å². The van der Waals surface area contributed by atoms with Crippen LogP contribution in [-0.2, 0) is 21.9 Å². The summed E-state index contributed by atoms with van der Waals surface area (Å²) in [5, 5.41) is 3.81. The number of amides is 2. The Morgan fingerprint density at radius 1 is 1.13 bits per heavy atom. The van der Waals surface area contributed by atoms with Crippen molar-refractivity contribution in [1.29, 1.82) is 0 Å². The Morgan fingerprint density at radius 3 is 2.37 bits per heavy atom. The zero-order valence-corrected chi connectivity index (χ0v) is 20.9. The van der Waals surface area contributed by atoms with E-state index in [4.69, 9.17) is 23.2 Å². The Morgan fingerprint density at radius 2 is 1.77 bits per heavy atom. The summed E-state index contributed by atoms with van der Waals surface area (Å²) >= 11 is 17.6. The maximum absolute atomic E-state index is 13.1. The molecule has 2 amide bonds. The fourth-order valence-corrected chi connectivity index (χ4v) is 4.40. The molecule has 2 aromatic rings. The van der Waals surface area contributed by atoms with E-state index >= 15 is 0 Å². The van der Waals surface area contributed by atoms with Gasteiger partial charge >= 0.3 is 0 Å². The quantitative estimate of drug-likeness (QED) is 0.413. The van der Waals surface area contributed by atoms with Crippen LogP contribution in [0.3, 0.4) is 0 Å². The zero-order chi connectivity index (χ0) is 22.1. The number of nitrogens with one attached hydrogen (secondary N) is 1. The summed E-state index contributed by atoms with van der Waals surface area (Å²) in [5.74, 6) is 0.637. The molecule has 0 aromatic heterocycles. The molecule has 0 fully saturated rings.